The van der Waals surface area contributed by atoms with Gasteiger partial charge in [0.05, 0.1) is 17.1 Å². The van der Waals surface area contributed by atoms with E-state index in [4.69, 9.17) is 0 Å². The van der Waals surface area contributed by atoms with Crippen LogP contribution in [0.5, 0.6) is 0 Å². The van der Waals surface area contributed by atoms with E-state index in [1.54, 1.807) is 0 Å². The van der Waals surface area contributed by atoms with Crippen LogP contribution in [-0.2, 0) is 0 Å². The van der Waals surface area contributed by atoms with Crippen LogP contribution in [0, 0.1) is 0 Å². The lowest BCUT2D eigenvalue weighted by molar-refractivity contribution is 0.546. The Hall–Kier alpha value is -1.26. The van der Waals surface area contributed by atoms with Gasteiger partial charge in [-0.25, -0.2) is 4.79 Å². The molecule has 1 aromatic carbocycles. The average molecular weight is 240 g/mol. The molecule has 4 nitrogen and oxygen atoms in total. The van der Waals surface area contributed by atoms with Crippen LogP contribution in [0.4, 0.5) is 0 Å². The molecule has 1 aliphatic rings. The molecule has 1 fully saturated rings. The molecule has 1 atom stereocenters. The molecule has 5 heteroatoms. The molecule has 0 spiro atoms. The number of aromatic amines is 1. The number of fused-ring (bicyclic) bond motifs is 1. The van der Waals surface area contributed by atoms with E-state index in [0.717, 1.165) is 30.5 Å². The number of benzene rings is 1. The van der Waals surface area contributed by atoms with Crippen molar-refractivity contribution in [2.24, 2.45) is 0 Å². The summed E-state index contributed by atoms with van der Waals surface area (Å²) in [6.07, 6.45) is 1.03. The van der Waals surface area contributed by atoms with Crippen LogP contribution in [0.15, 0.2) is 29.1 Å². The fraction of sp³-hybridized carbons (Fsp3) is 0.364. The molecular weight excluding hydrogens is 226 g/mol. The van der Waals surface area contributed by atoms with Gasteiger partial charge in [-0.15, -0.1) is 12.4 Å². The van der Waals surface area contributed by atoms with Gasteiger partial charge in [-0.05, 0) is 25.1 Å². The Morgan fingerprint density at radius 1 is 1.31 bits per heavy atom. The van der Waals surface area contributed by atoms with Crippen molar-refractivity contribution in [3.8, 4) is 0 Å². The Labute approximate surface area is 99.1 Å². The quantitative estimate of drug-likeness (QED) is 0.788. The minimum Gasteiger partial charge on any atom is -0.315 e. The first-order valence-corrected chi connectivity index (χ1v) is 5.26. The van der Waals surface area contributed by atoms with E-state index in [2.05, 4.69) is 10.3 Å². The van der Waals surface area contributed by atoms with Crippen molar-refractivity contribution in [2.45, 2.75) is 12.5 Å². The van der Waals surface area contributed by atoms with Crippen LogP contribution >= 0.6 is 12.4 Å². The van der Waals surface area contributed by atoms with Gasteiger partial charge in [0, 0.05) is 6.54 Å². The van der Waals surface area contributed by atoms with E-state index in [-0.39, 0.29) is 18.1 Å². The lowest BCUT2D eigenvalue weighted by Gasteiger charge is -2.09. The normalized spacial score (nSPS) is 19.9. The molecule has 2 aromatic rings. The second kappa shape index (κ2) is 4.31. The Bertz CT molecular complexity index is 539. The lowest BCUT2D eigenvalue weighted by atomic mass is 10.2. The maximum absolute atomic E-state index is 11.8. The molecular formula is C11H14ClN3O. The van der Waals surface area contributed by atoms with Gasteiger partial charge in [0.25, 0.3) is 0 Å². The number of hydrogen-bond acceptors (Lipinski definition) is 2. The van der Waals surface area contributed by atoms with E-state index >= 15 is 0 Å². The average Bonchev–Trinajstić information content (AvgIpc) is 2.82. The zero-order valence-corrected chi connectivity index (χ0v) is 9.59. The van der Waals surface area contributed by atoms with Crippen molar-refractivity contribution in [3.05, 3.63) is 34.7 Å². The van der Waals surface area contributed by atoms with Crippen molar-refractivity contribution in [2.75, 3.05) is 13.1 Å². The van der Waals surface area contributed by atoms with Gasteiger partial charge in [-0.1, -0.05) is 12.1 Å². The largest absolute Gasteiger partial charge is 0.326 e. The SMILES string of the molecule is Cl.O=c1[nH]c2ccccc2n1[C@H]1CCNC1. The third kappa shape index (κ3) is 1.64. The monoisotopic (exact) mass is 239 g/mol. The number of imidazole rings is 1. The fourth-order valence-electron chi connectivity index (χ4n) is 2.30. The van der Waals surface area contributed by atoms with Crippen LogP contribution < -0.4 is 11.0 Å². The number of halogens is 1. The van der Waals surface area contributed by atoms with E-state index < -0.39 is 0 Å². The Kier molecular flexibility index (Phi) is 3.03. The van der Waals surface area contributed by atoms with E-state index in [0.29, 0.717) is 6.04 Å². The predicted molar refractivity (Wildman–Crippen MR) is 66.3 cm³/mol. The van der Waals surface area contributed by atoms with Gasteiger partial charge in [-0.2, -0.15) is 0 Å². The zero-order valence-electron chi connectivity index (χ0n) is 8.77. The Balaban J connectivity index is 0.000000963. The first-order valence-electron chi connectivity index (χ1n) is 5.26. The molecule has 1 saturated heterocycles. The maximum Gasteiger partial charge on any atom is 0.326 e. The number of aromatic nitrogens is 2. The van der Waals surface area contributed by atoms with Crippen LogP contribution in [0.3, 0.4) is 0 Å². The summed E-state index contributed by atoms with van der Waals surface area (Å²) >= 11 is 0. The summed E-state index contributed by atoms with van der Waals surface area (Å²) in [5, 5.41) is 3.28. The van der Waals surface area contributed by atoms with Crippen LogP contribution in [0.25, 0.3) is 11.0 Å². The molecule has 2 heterocycles. The van der Waals surface area contributed by atoms with Crippen molar-refractivity contribution in [1.82, 2.24) is 14.9 Å². The van der Waals surface area contributed by atoms with Crippen molar-refractivity contribution in [3.63, 3.8) is 0 Å². The van der Waals surface area contributed by atoms with E-state index in [1.165, 1.54) is 0 Å². The van der Waals surface area contributed by atoms with Gasteiger partial charge >= 0.3 is 5.69 Å². The second-order valence-electron chi connectivity index (χ2n) is 3.96. The lowest BCUT2D eigenvalue weighted by Crippen LogP contribution is -2.23. The topological polar surface area (TPSA) is 49.8 Å². The second-order valence-corrected chi connectivity index (χ2v) is 3.96. The molecule has 0 saturated carbocycles. The number of H-pyrrole nitrogens is 1. The zero-order chi connectivity index (χ0) is 10.3. The summed E-state index contributed by atoms with van der Waals surface area (Å²) in [6.45, 7) is 1.89. The fourth-order valence-corrected chi connectivity index (χ4v) is 2.30. The van der Waals surface area contributed by atoms with Crippen LogP contribution in [-0.4, -0.2) is 22.6 Å². The standard InChI is InChI=1S/C11H13N3O.ClH/c15-11-13-9-3-1-2-4-10(9)14(11)8-5-6-12-7-8;/h1-4,8,12H,5-7H2,(H,13,15);1H/t8-;/m0./s1. The summed E-state index contributed by atoms with van der Waals surface area (Å²) in [4.78, 5) is 14.7. The maximum atomic E-state index is 11.8. The summed E-state index contributed by atoms with van der Waals surface area (Å²) in [7, 11) is 0. The number of nitrogens with zero attached hydrogens (tertiary/aromatic N) is 1. The van der Waals surface area contributed by atoms with Gasteiger partial charge in [-0.3, -0.25) is 4.57 Å². The van der Waals surface area contributed by atoms with E-state index in [1.807, 2.05) is 28.8 Å². The molecule has 16 heavy (non-hydrogen) atoms. The third-order valence-corrected chi connectivity index (χ3v) is 3.02. The molecule has 0 aliphatic carbocycles. The molecule has 3 rings (SSSR count). The molecule has 0 bridgehead atoms. The van der Waals surface area contributed by atoms with Gasteiger partial charge in [0.2, 0.25) is 0 Å². The molecule has 1 aromatic heterocycles. The van der Waals surface area contributed by atoms with Crippen molar-refractivity contribution >= 4 is 23.4 Å². The highest BCUT2D eigenvalue weighted by molar-refractivity contribution is 5.85. The summed E-state index contributed by atoms with van der Waals surface area (Å²) in [5.41, 5.74) is 1.94. The summed E-state index contributed by atoms with van der Waals surface area (Å²) in [5.74, 6) is 0. The summed E-state index contributed by atoms with van der Waals surface area (Å²) < 4.78 is 1.87. The Morgan fingerprint density at radius 2 is 2.12 bits per heavy atom. The number of hydrogen-bond donors (Lipinski definition) is 2. The van der Waals surface area contributed by atoms with Crippen molar-refractivity contribution < 1.29 is 0 Å². The minimum atomic E-state index is 0. The van der Waals surface area contributed by atoms with E-state index in [9.17, 15) is 4.79 Å². The molecule has 0 radical (unpaired) electrons. The minimum absolute atomic E-state index is 0. The van der Waals surface area contributed by atoms with Gasteiger partial charge < -0.3 is 10.3 Å². The molecule has 0 amide bonds. The molecule has 86 valence electrons. The number of nitrogens with one attached hydrogen (secondary N) is 2. The van der Waals surface area contributed by atoms with Crippen molar-refractivity contribution in [1.29, 1.82) is 0 Å². The molecule has 2 N–H and O–H groups in total. The number of rotatable bonds is 1. The predicted octanol–water partition coefficient (Wildman–Crippen LogP) is 1.29. The molecule has 1 aliphatic heterocycles. The highest BCUT2D eigenvalue weighted by Gasteiger charge is 2.20. The first kappa shape index (κ1) is 11.2. The Morgan fingerprint density at radius 3 is 2.88 bits per heavy atom. The van der Waals surface area contributed by atoms with Crippen LogP contribution in [0.2, 0.25) is 0 Å². The van der Waals surface area contributed by atoms with Gasteiger partial charge in [0.15, 0.2) is 0 Å². The number of para-hydroxylation sites is 2. The first-order chi connectivity index (χ1) is 7.36. The third-order valence-electron chi connectivity index (χ3n) is 3.02. The summed E-state index contributed by atoms with van der Waals surface area (Å²) in [6, 6.07) is 8.14. The highest BCUT2D eigenvalue weighted by atomic mass is 35.5. The molecule has 0 unspecified atom stereocenters. The van der Waals surface area contributed by atoms with Gasteiger partial charge in [0.1, 0.15) is 0 Å². The smallest absolute Gasteiger partial charge is 0.315 e. The van der Waals surface area contributed by atoms with Crippen LogP contribution in [0.1, 0.15) is 12.5 Å². The highest BCUT2D eigenvalue weighted by Crippen LogP contribution is 2.18.